The van der Waals surface area contributed by atoms with Gasteiger partial charge in [-0.15, -0.1) is 0 Å². The lowest BCUT2D eigenvalue weighted by Gasteiger charge is -2.09. The number of para-hydroxylation sites is 1. The van der Waals surface area contributed by atoms with E-state index in [1.54, 1.807) is 18.2 Å². The van der Waals surface area contributed by atoms with E-state index in [2.05, 4.69) is 36.4 Å². The Morgan fingerprint density at radius 3 is 2.43 bits per heavy atom. The van der Waals surface area contributed by atoms with Gasteiger partial charge in [-0.3, -0.25) is 5.43 Å². The minimum atomic E-state index is -0.363. The molecular formula is C22H16BrFN4. The molecule has 138 valence electrons. The Kier molecular flexibility index (Phi) is 5.12. The number of rotatable bonds is 4. The maximum absolute atomic E-state index is 14.2. The molecule has 0 atom stereocenters. The number of aromatic nitrogens is 2. The van der Waals surface area contributed by atoms with Gasteiger partial charge < -0.3 is 0 Å². The molecule has 0 saturated carbocycles. The molecule has 0 spiro atoms. The third-order valence-corrected chi connectivity index (χ3v) is 4.84. The standard InChI is InChI=1S/C22H16BrFN4/c1-14(15-10-12-16(23)13-11-15)27-28-22-18-7-3-5-9-20(18)25-21(26-22)17-6-2-4-8-19(17)24/h2-13H,1H3,(H,25,26,28)/b27-14-. The first-order valence-corrected chi connectivity index (χ1v) is 9.49. The number of hydrogen-bond donors (Lipinski definition) is 1. The van der Waals surface area contributed by atoms with Crippen molar-refractivity contribution in [1.82, 2.24) is 9.97 Å². The van der Waals surface area contributed by atoms with Crippen LogP contribution in [0.25, 0.3) is 22.3 Å². The predicted molar refractivity (Wildman–Crippen MR) is 115 cm³/mol. The average molecular weight is 435 g/mol. The molecule has 1 heterocycles. The Balaban J connectivity index is 1.76. The molecule has 4 aromatic rings. The topological polar surface area (TPSA) is 50.2 Å². The first-order chi connectivity index (χ1) is 13.6. The van der Waals surface area contributed by atoms with E-state index in [0.29, 0.717) is 17.2 Å². The summed E-state index contributed by atoms with van der Waals surface area (Å²) in [5.74, 6) is 0.481. The number of halogens is 2. The molecule has 1 N–H and O–H groups in total. The van der Waals surface area contributed by atoms with Crippen LogP contribution in [0.3, 0.4) is 0 Å². The Bertz CT molecular complexity index is 1170. The van der Waals surface area contributed by atoms with Crippen molar-refractivity contribution in [3.63, 3.8) is 0 Å². The highest BCUT2D eigenvalue weighted by molar-refractivity contribution is 9.10. The van der Waals surface area contributed by atoms with Crippen molar-refractivity contribution in [2.24, 2.45) is 5.10 Å². The molecule has 4 nitrogen and oxygen atoms in total. The molecule has 28 heavy (non-hydrogen) atoms. The normalized spacial score (nSPS) is 11.6. The van der Waals surface area contributed by atoms with Crippen molar-refractivity contribution in [3.8, 4) is 11.4 Å². The quantitative estimate of drug-likeness (QED) is 0.314. The van der Waals surface area contributed by atoms with Crippen molar-refractivity contribution in [2.75, 3.05) is 5.43 Å². The minimum Gasteiger partial charge on any atom is -0.260 e. The van der Waals surface area contributed by atoms with Crippen LogP contribution in [0.1, 0.15) is 12.5 Å². The zero-order valence-electron chi connectivity index (χ0n) is 15.0. The Morgan fingerprint density at radius 2 is 1.64 bits per heavy atom. The third kappa shape index (κ3) is 3.77. The fourth-order valence-electron chi connectivity index (χ4n) is 2.82. The highest BCUT2D eigenvalue weighted by Crippen LogP contribution is 2.26. The van der Waals surface area contributed by atoms with Crippen LogP contribution >= 0.6 is 15.9 Å². The number of hydrazone groups is 1. The van der Waals surface area contributed by atoms with Gasteiger partial charge in [0.15, 0.2) is 11.6 Å². The van der Waals surface area contributed by atoms with E-state index in [0.717, 1.165) is 26.7 Å². The monoisotopic (exact) mass is 434 g/mol. The predicted octanol–water partition coefficient (Wildman–Crippen LogP) is 6.03. The summed E-state index contributed by atoms with van der Waals surface area (Å²) in [5.41, 5.74) is 5.90. The number of hydrogen-bond acceptors (Lipinski definition) is 4. The fraction of sp³-hybridized carbons (Fsp3) is 0.0455. The molecular weight excluding hydrogens is 419 g/mol. The van der Waals surface area contributed by atoms with Gasteiger partial charge in [0.2, 0.25) is 0 Å². The van der Waals surface area contributed by atoms with E-state index in [1.807, 2.05) is 55.5 Å². The first-order valence-electron chi connectivity index (χ1n) is 8.70. The summed E-state index contributed by atoms with van der Waals surface area (Å²) in [7, 11) is 0. The zero-order chi connectivity index (χ0) is 19.5. The Hall–Kier alpha value is -3.12. The molecule has 0 aliphatic rings. The highest BCUT2D eigenvalue weighted by atomic mass is 79.9. The van der Waals surface area contributed by atoms with Gasteiger partial charge in [-0.2, -0.15) is 5.10 Å². The summed E-state index contributed by atoms with van der Waals surface area (Å²) < 4.78 is 15.3. The van der Waals surface area contributed by atoms with E-state index in [4.69, 9.17) is 0 Å². The van der Waals surface area contributed by atoms with E-state index in [-0.39, 0.29) is 5.82 Å². The summed E-state index contributed by atoms with van der Waals surface area (Å²) in [6.45, 7) is 1.91. The van der Waals surface area contributed by atoms with Crippen molar-refractivity contribution < 1.29 is 4.39 Å². The van der Waals surface area contributed by atoms with Gasteiger partial charge in [0.05, 0.1) is 16.8 Å². The smallest absolute Gasteiger partial charge is 0.165 e. The van der Waals surface area contributed by atoms with Gasteiger partial charge in [-0.05, 0) is 48.9 Å². The molecule has 4 rings (SSSR count). The Labute approximate surface area is 170 Å². The van der Waals surface area contributed by atoms with Crippen LogP contribution in [0.15, 0.2) is 82.4 Å². The van der Waals surface area contributed by atoms with Crippen molar-refractivity contribution in [2.45, 2.75) is 6.92 Å². The summed E-state index contributed by atoms with van der Waals surface area (Å²) in [6, 6.07) is 21.9. The largest absolute Gasteiger partial charge is 0.260 e. The second-order valence-corrected chi connectivity index (χ2v) is 7.12. The van der Waals surface area contributed by atoms with Crippen LogP contribution in [0.4, 0.5) is 10.2 Å². The molecule has 0 fully saturated rings. The summed E-state index contributed by atoms with van der Waals surface area (Å²) in [6.07, 6.45) is 0. The van der Waals surface area contributed by atoms with Crippen molar-refractivity contribution >= 4 is 38.4 Å². The molecule has 6 heteroatoms. The molecule has 0 bridgehead atoms. The summed E-state index contributed by atoms with van der Waals surface area (Å²) in [4.78, 5) is 9.05. The number of nitrogens with zero attached hydrogens (tertiary/aromatic N) is 3. The van der Waals surface area contributed by atoms with Crippen LogP contribution in [0.2, 0.25) is 0 Å². The minimum absolute atomic E-state index is 0.316. The molecule has 0 amide bonds. The molecule has 0 aliphatic carbocycles. The van der Waals surface area contributed by atoms with Crippen LogP contribution in [-0.4, -0.2) is 15.7 Å². The van der Waals surface area contributed by atoms with Gasteiger partial charge in [0, 0.05) is 9.86 Å². The van der Waals surface area contributed by atoms with E-state index in [9.17, 15) is 4.39 Å². The summed E-state index contributed by atoms with van der Waals surface area (Å²) in [5, 5.41) is 5.28. The third-order valence-electron chi connectivity index (χ3n) is 4.31. The molecule has 0 saturated heterocycles. The van der Waals surface area contributed by atoms with E-state index < -0.39 is 0 Å². The Morgan fingerprint density at radius 1 is 0.929 bits per heavy atom. The maximum Gasteiger partial charge on any atom is 0.165 e. The van der Waals surface area contributed by atoms with Gasteiger partial charge in [0.1, 0.15) is 5.82 Å². The van der Waals surface area contributed by atoms with Gasteiger partial charge in [-0.1, -0.05) is 52.3 Å². The lowest BCUT2D eigenvalue weighted by molar-refractivity contribution is 0.630. The number of nitrogens with one attached hydrogen (secondary N) is 1. The van der Waals surface area contributed by atoms with Gasteiger partial charge in [0.25, 0.3) is 0 Å². The average Bonchev–Trinajstić information content (AvgIpc) is 2.72. The summed E-state index contributed by atoms with van der Waals surface area (Å²) >= 11 is 3.43. The van der Waals surface area contributed by atoms with Crippen LogP contribution in [0.5, 0.6) is 0 Å². The van der Waals surface area contributed by atoms with E-state index >= 15 is 0 Å². The first kappa shape index (κ1) is 18.3. The maximum atomic E-state index is 14.2. The lowest BCUT2D eigenvalue weighted by Crippen LogP contribution is -2.03. The second kappa shape index (κ2) is 7.86. The van der Waals surface area contributed by atoms with Crippen molar-refractivity contribution in [3.05, 3.63) is 88.6 Å². The molecule has 0 aliphatic heterocycles. The SMILES string of the molecule is C/C(=N/Nc1nc(-c2ccccc2F)nc2ccccc12)c1ccc(Br)cc1. The molecule has 0 radical (unpaired) electrons. The lowest BCUT2D eigenvalue weighted by atomic mass is 10.1. The van der Waals surface area contributed by atoms with Crippen LogP contribution in [0, 0.1) is 5.82 Å². The zero-order valence-corrected chi connectivity index (χ0v) is 16.6. The van der Waals surface area contributed by atoms with Crippen LogP contribution < -0.4 is 5.43 Å². The molecule has 3 aromatic carbocycles. The highest BCUT2D eigenvalue weighted by Gasteiger charge is 2.12. The molecule has 0 unspecified atom stereocenters. The van der Waals surface area contributed by atoms with Gasteiger partial charge >= 0.3 is 0 Å². The van der Waals surface area contributed by atoms with Crippen LogP contribution in [-0.2, 0) is 0 Å². The number of benzene rings is 3. The van der Waals surface area contributed by atoms with Crippen molar-refractivity contribution in [1.29, 1.82) is 0 Å². The number of fused-ring (bicyclic) bond motifs is 1. The second-order valence-electron chi connectivity index (χ2n) is 6.21. The van der Waals surface area contributed by atoms with Gasteiger partial charge in [-0.25, -0.2) is 14.4 Å². The van der Waals surface area contributed by atoms with E-state index in [1.165, 1.54) is 6.07 Å². The molecule has 1 aromatic heterocycles. The fourth-order valence-corrected chi connectivity index (χ4v) is 3.08. The number of anilines is 1.